The molecule has 0 bridgehead atoms. The van der Waals surface area contributed by atoms with Crippen molar-refractivity contribution in [2.24, 2.45) is 0 Å². The third-order valence-corrected chi connectivity index (χ3v) is 6.61. The monoisotopic (exact) mass is 384 g/mol. The Morgan fingerprint density at radius 1 is 1.04 bits per heavy atom. The van der Waals surface area contributed by atoms with E-state index < -0.39 is 10.0 Å². The molecule has 0 aliphatic rings. The molecule has 0 N–H and O–H groups in total. The average molecular weight is 385 g/mol. The van der Waals surface area contributed by atoms with E-state index in [1.807, 2.05) is 64.1 Å². The number of rotatable bonds is 6. The summed E-state index contributed by atoms with van der Waals surface area (Å²) in [6.45, 7) is 7.74. The number of benzene rings is 2. The van der Waals surface area contributed by atoms with Gasteiger partial charge in [-0.15, -0.1) is 0 Å². The second-order valence-electron chi connectivity index (χ2n) is 6.94. The van der Waals surface area contributed by atoms with Crippen LogP contribution in [0.25, 0.3) is 11.3 Å². The van der Waals surface area contributed by atoms with E-state index in [-0.39, 0.29) is 6.04 Å². The minimum Gasteiger partial charge on any atom is -0.356 e. The average Bonchev–Trinajstić information content (AvgIpc) is 3.07. The standard InChI is InChI=1S/C21H24N2O3S/c1-15(2)23(14-18-8-6-5-7-9-18)27(24,25)21-13-19(11-10-16(21)3)20-12-17(4)22-26-20/h5-13,15H,14H2,1-4H3. The van der Waals surface area contributed by atoms with Gasteiger partial charge in [-0.2, -0.15) is 4.31 Å². The predicted molar refractivity (Wildman–Crippen MR) is 106 cm³/mol. The normalized spacial score (nSPS) is 12.1. The molecular weight excluding hydrogens is 360 g/mol. The van der Waals surface area contributed by atoms with Gasteiger partial charge in [0.2, 0.25) is 10.0 Å². The molecule has 1 heterocycles. The maximum absolute atomic E-state index is 13.5. The first kappa shape index (κ1) is 19.3. The Balaban J connectivity index is 2.03. The van der Waals surface area contributed by atoms with Gasteiger partial charge < -0.3 is 4.52 Å². The molecule has 0 radical (unpaired) electrons. The first-order chi connectivity index (χ1) is 12.8. The van der Waals surface area contributed by atoms with Crippen molar-refractivity contribution in [1.82, 2.24) is 9.46 Å². The second-order valence-corrected chi connectivity index (χ2v) is 8.80. The largest absolute Gasteiger partial charge is 0.356 e. The Hall–Kier alpha value is -2.44. The molecule has 0 unspecified atom stereocenters. The lowest BCUT2D eigenvalue weighted by Gasteiger charge is -2.27. The SMILES string of the molecule is Cc1cc(-c2ccc(C)c(S(=O)(=O)N(Cc3ccccc3)C(C)C)c2)on1. The Morgan fingerprint density at radius 2 is 1.74 bits per heavy atom. The molecule has 3 aromatic rings. The summed E-state index contributed by atoms with van der Waals surface area (Å²) in [6, 6.07) is 16.6. The Morgan fingerprint density at radius 3 is 2.33 bits per heavy atom. The Bertz CT molecular complexity index is 1020. The third kappa shape index (κ3) is 4.12. The first-order valence-electron chi connectivity index (χ1n) is 8.89. The summed E-state index contributed by atoms with van der Waals surface area (Å²) < 4.78 is 33.8. The maximum atomic E-state index is 13.5. The number of hydrogen-bond acceptors (Lipinski definition) is 4. The van der Waals surface area contributed by atoms with Crippen molar-refractivity contribution in [2.45, 2.75) is 45.2 Å². The molecule has 0 amide bonds. The van der Waals surface area contributed by atoms with Gasteiger partial charge in [0.25, 0.3) is 0 Å². The summed E-state index contributed by atoms with van der Waals surface area (Å²) in [5, 5.41) is 3.89. The van der Waals surface area contributed by atoms with Gasteiger partial charge in [0.1, 0.15) is 0 Å². The maximum Gasteiger partial charge on any atom is 0.243 e. The molecule has 27 heavy (non-hydrogen) atoms. The lowest BCUT2D eigenvalue weighted by molar-refractivity contribution is 0.348. The molecule has 6 heteroatoms. The summed E-state index contributed by atoms with van der Waals surface area (Å²) >= 11 is 0. The molecule has 0 aliphatic heterocycles. The van der Waals surface area contributed by atoms with Gasteiger partial charge in [-0.3, -0.25) is 0 Å². The van der Waals surface area contributed by atoms with Gasteiger partial charge in [0.15, 0.2) is 5.76 Å². The zero-order valence-electron chi connectivity index (χ0n) is 16.0. The van der Waals surface area contributed by atoms with E-state index in [0.717, 1.165) is 11.3 Å². The van der Waals surface area contributed by atoms with Crippen LogP contribution in [0.15, 0.2) is 64.0 Å². The summed E-state index contributed by atoms with van der Waals surface area (Å²) in [5.74, 6) is 0.558. The lowest BCUT2D eigenvalue weighted by atomic mass is 10.1. The number of aryl methyl sites for hydroxylation is 2. The summed E-state index contributed by atoms with van der Waals surface area (Å²) in [7, 11) is -3.68. The number of nitrogens with zero attached hydrogens (tertiary/aromatic N) is 2. The van der Waals surface area contributed by atoms with Crippen molar-refractivity contribution in [2.75, 3.05) is 0 Å². The fourth-order valence-corrected chi connectivity index (χ4v) is 4.84. The molecule has 2 aromatic carbocycles. The zero-order chi connectivity index (χ0) is 19.6. The third-order valence-electron chi connectivity index (χ3n) is 4.44. The van der Waals surface area contributed by atoms with Crippen molar-refractivity contribution < 1.29 is 12.9 Å². The summed E-state index contributed by atoms with van der Waals surface area (Å²) in [4.78, 5) is 0.290. The highest BCUT2D eigenvalue weighted by molar-refractivity contribution is 7.89. The van der Waals surface area contributed by atoms with Gasteiger partial charge in [0.05, 0.1) is 10.6 Å². The van der Waals surface area contributed by atoms with E-state index in [0.29, 0.717) is 28.3 Å². The minimum atomic E-state index is -3.68. The van der Waals surface area contributed by atoms with Crippen LogP contribution in [-0.4, -0.2) is 23.9 Å². The topological polar surface area (TPSA) is 63.4 Å². The van der Waals surface area contributed by atoms with Crippen molar-refractivity contribution in [3.05, 3.63) is 71.4 Å². The molecule has 3 rings (SSSR count). The highest BCUT2D eigenvalue weighted by atomic mass is 32.2. The highest BCUT2D eigenvalue weighted by Crippen LogP contribution is 2.29. The van der Waals surface area contributed by atoms with Gasteiger partial charge in [-0.1, -0.05) is 47.6 Å². The van der Waals surface area contributed by atoms with Crippen molar-refractivity contribution in [3.8, 4) is 11.3 Å². The molecule has 142 valence electrons. The Labute approximate surface area is 160 Å². The van der Waals surface area contributed by atoms with Crippen LogP contribution in [0.2, 0.25) is 0 Å². The van der Waals surface area contributed by atoms with Crippen LogP contribution in [0.3, 0.4) is 0 Å². The van der Waals surface area contributed by atoms with E-state index in [9.17, 15) is 8.42 Å². The minimum absolute atomic E-state index is 0.175. The van der Waals surface area contributed by atoms with Crippen molar-refractivity contribution >= 4 is 10.0 Å². The zero-order valence-corrected chi connectivity index (χ0v) is 16.8. The van der Waals surface area contributed by atoms with E-state index in [1.54, 1.807) is 18.2 Å². The number of hydrogen-bond donors (Lipinski definition) is 0. The molecule has 1 aromatic heterocycles. The molecule has 5 nitrogen and oxygen atoms in total. The first-order valence-corrected chi connectivity index (χ1v) is 10.3. The summed E-state index contributed by atoms with van der Waals surface area (Å²) in [6.07, 6.45) is 0. The Kier molecular flexibility index (Phi) is 5.48. The molecule has 0 saturated heterocycles. The molecule has 0 aliphatic carbocycles. The molecule has 0 atom stereocenters. The van der Waals surface area contributed by atoms with Gasteiger partial charge in [-0.25, -0.2) is 8.42 Å². The molecule has 0 saturated carbocycles. The second kappa shape index (κ2) is 7.66. The molecular formula is C21H24N2O3S. The molecule has 0 spiro atoms. The van der Waals surface area contributed by atoms with Crippen LogP contribution in [0.5, 0.6) is 0 Å². The molecule has 0 fully saturated rings. The fraction of sp³-hybridized carbons (Fsp3) is 0.286. The van der Waals surface area contributed by atoms with Crippen LogP contribution >= 0.6 is 0 Å². The highest BCUT2D eigenvalue weighted by Gasteiger charge is 2.29. The van der Waals surface area contributed by atoms with E-state index in [1.165, 1.54) is 4.31 Å². The van der Waals surface area contributed by atoms with E-state index >= 15 is 0 Å². The van der Waals surface area contributed by atoms with Crippen LogP contribution < -0.4 is 0 Å². The quantitative estimate of drug-likeness (QED) is 0.625. The van der Waals surface area contributed by atoms with Crippen LogP contribution in [0.4, 0.5) is 0 Å². The van der Waals surface area contributed by atoms with Gasteiger partial charge in [-0.05, 0) is 44.9 Å². The van der Waals surface area contributed by atoms with Gasteiger partial charge in [0, 0.05) is 24.2 Å². The summed E-state index contributed by atoms with van der Waals surface area (Å²) in [5.41, 5.74) is 3.11. The van der Waals surface area contributed by atoms with Crippen LogP contribution in [0, 0.1) is 13.8 Å². The number of sulfonamides is 1. The predicted octanol–water partition coefficient (Wildman–Crippen LogP) is 4.56. The van der Waals surface area contributed by atoms with E-state index in [2.05, 4.69) is 5.16 Å². The van der Waals surface area contributed by atoms with Crippen molar-refractivity contribution in [1.29, 1.82) is 0 Å². The van der Waals surface area contributed by atoms with Crippen LogP contribution in [0.1, 0.15) is 30.7 Å². The van der Waals surface area contributed by atoms with E-state index in [4.69, 9.17) is 4.52 Å². The van der Waals surface area contributed by atoms with Crippen molar-refractivity contribution in [3.63, 3.8) is 0 Å². The number of aromatic nitrogens is 1. The van der Waals surface area contributed by atoms with Gasteiger partial charge >= 0.3 is 0 Å². The smallest absolute Gasteiger partial charge is 0.243 e. The van der Waals surface area contributed by atoms with Crippen LogP contribution in [-0.2, 0) is 16.6 Å². The fourth-order valence-electron chi connectivity index (χ4n) is 2.97. The lowest BCUT2D eigenvalue weighted by Crippen LogP contribution is -2.36.